The minimum atomic E-state index is -3.43. The van der Waals surface area contributed by atoms with Crippen LogP contribution >= 0.6 is 0 Å². The quantitative estimate of drug-likeness (QED) is 0.165. The van der Waals surface area contributed by atoms with Gasteiger partial charge in [-0.2, -0.15) is 19.2 Å². The maximum atomic E-state index is 13.1. The Morgan fingerprint density at radius 1 is 0.772 bits per heavy atom. The highest BCUT2D eigenvalue weighted by atomic mass is 32.2. The molecule has 0 atom stereocenters. The first-order chi connectivity index (χ1) is 26.9. The number of anilines is 2. The van der Waals surface area contributed by atoms with Crippen molar-refractivity contribution >= 4 is 61.3 Å². The van der Waals surface area contributed by atoms with Gasteiger partial charge in [0.15, 0.2) is 43.5 Å². The molecule has 18 heteroatoms. The Bertz CT molecular complexity index is 2780. The van der Waals surface area contributed by atoms with Crippen LogP contribution in [0.25, 0.3) is 33.8 Å². The Balaban J connectivity index is 0.000000179. The number of aldehydes is 2. The van der Waals surface area contributed by atoms with Crippen molar-refractivity contribution < 1.29 is 36.0 Å². The first kappa shape index (κ1) is 39.2. The fourth-order valence-corrected chi connectivity index (χ4v) is 7.30. The van der Waals surface area contributed by atoms with E-state index in [0.29, 0.717) is 58.2 Å². The summed E-state index contributed by atoms with van der Waals surface area (Å²) in [5.41, 5.74) is 2.87. The van der Waals surface area contributed by atoms with Crippen molar-refractivity contribution in [2.45, 2.75) is 73.9 Å². The molecule has 2 saturated carbocycles. The topological polar surface area (TPSA) is 204 Å². The monoisotopic (exact) mass is 812 g/mol. The van der Waals surface area contributed by atoms with E-state index in [1.54, 1.807) is 67.8 Å². The number of amides is 1. The Labute approximate surface area is 328 Å². The summed E-state index contributed by atoms with van der Waals surface area (Å²) in [6.45, 7) is 5.37. The summed E-state index contributed by atoms with van der Waals surface area (Å²) in [5.74, 6) is 1.14. The van der Waals surface area contributed by atoms with Crippen LogP contribution in [0.15, 0.2) is 82.8 Å². The number of benzene rings is 2. The van der Waals surface area contributed by atoms with E-state index in [0.717, 1.165) is 37.8 Å². The van der Waals surface area contributed by atoms with E-state index in [9.17, 15) is 31.2 Å². The molecule has 0 spiro atoms. The number of carbonyl (C=O) groups is 3. The minimum absolute atomic E-state index is 0.0606. The molecular formula is C39H40N8O8S2. The normalized spacial score (nSPS) is 14.5. The summed E-state index contributed by atoms with van der Waals surface area (Å²) >= 11 is 0. The fraction of sp³-hybridized carbons (Fsp3) is 0.308. The molecule has 0 saturated heterocycles. The summed E-state index contributed by atoms with van der Waals surface area (Å²) in [7, 11) is -6.74. The third kappa shape index (κ3) is 8.71. The van der Waals surface area contributed by atoms with Gasteiger partial charge < -0.3 is 10.1 Å². The smallest absolute Gasteiger partial charge is 0.416 e. The summed E-state index contributed by atoms with van der Waals surface area (Å²) in [6.07, 6.45) is 9.80. The van der Waals surface area contributed by atoms with Gasteiger partial charge in [0.2, 0.25) is 0 Å². The van der Waals surface area contributed by atoms with E-state index >= 15 is 0 Å². The number of nitrogens with zero attached hydrogens (tertiary/aromatic N) is 7. The van der Waals surface area contributed by atoms with E-state index in [1.807, 2.05) is 6.07 Å². The molecule has 0 aliphatic heterocycles. The summed E-state index contributed by atoms with van der Waals surface area (Å²) in [5, 5.41) is 11.9. The summed E-state index contributed by atoms with van der Waals surface area (Å²) in [4.78, 5) is 46.9. The highest BCUT2D eigenvalue weighted by Crippen LogP contribution is 2.36. The number of hydrogen-bond donors (Lipinski definition) is 1. The number of sulfone groups is 2. The number of ether oxygens (including phenoxy) is 1. The Kier molecular flexibility index (Phi) is 10.2. The van der Waals surface area contributed by atoms with E-state index in [1.165, 1.54) is 40.2 Å². The van der Waals surface area contributed by atoms with Crippen LogP contribution in [0.5, 0.6) is 0 Å². The third-order valence-electron chi connectivity index (χ3n) is 9.03. The standard InChI is InChI=1S/C22H24N4O5S.C17H16N4O3S/c1-22(2,3)31-21(28)25(16-8-9-16)19-11-18(24-20-15(13-27)12-23-26(19)20)14-6-5-7-17(10-14)32(4,29)30;1-25(23,24)14-4-2-3-11(7-14)15-8-16(19-13-5-6-13)21-17(20-15)12(10-22)9-18-21/h5-7,10-13,16H,8-9H2,1-4H3;2-4,7-10,13,19H,5-6H2,1H3. The van der Waals surface area contributed by atoms with Gasteiger partial charge in [0, 0.05) is 47.9 Å². The van der Waals surface area contributed by atoms with E-state index < -0.39 is 31.4 Å². The largest absolute Gasteiger partial charge is 0.443 e. The zero-order valence-corrected chi connectivity index (χ0v) is 33.4. The van der Waals surface area contributed by atoms with Gasteiger partial charge >= 0.3 is 6.09 Å². The maximum absolute atomic E-state index is 13.1. The molecule has 2 fully saturated rings. The highest BCUT2D eigenvalue weighted by Gasteiger charge is 2.38. The molecule has 0 unspecified atom stereocenters. The zero-order valence-electron chi connectivity index (χ0n) is 31.8. The van der Waals surface area contributed by atoms with Gasteiger partial charge in [-0.25, -0.2) is 31.6 Å². The number of hydrogen-bond acceptors (Lipinski definition) is 13. The SMILES string of the molecule is CC(C)(C)OC(=O)N(c1cc(-c2cccc(S(C)(=O)=O)c2)nc2c(C=O)cnn12)C1CC1.CS(=O)(=O)c1cccc(-c2cc(NC3CC3)n3ncc(C=O)c3n2)c1. The van der Waals surface area contributed by atoms with Crippen LogP contribution in [0.3, 0.4) is 0 Å². The predicted molar refractivity (Wildman–Crippen MR) is 212 cm³/mol. The molecule has 296 valence electrons. The van der Waals surface area contributed by atoms with Crippen molar-refractivity contribution in [2.24, 2.45) is 0 Å². The van der Waals surface area contributed by atoms with Crippen LogP contribution in [0.1, 0.15) is 67.2 Å². The molecule has 4 aromatic heterocycles. The van der Waals surface area contributed by atoms with Crippen molar-refractivity contribution in [1.82, 2.24) is 29.2 Å². The van der Waals surface area contributed by atoms with Crippen molar-refractivity contribution in [2.75, 3.05) is 22.7 Å². The lowest BCUT2D eigenvalue weighted by molar-refractivity contribution is 0.0575. The predicted octanol–water partition coefficient (Wildman–Crippen LogP) is 5.70. The molecule has 2 aromatic carbocycles. The maximum Gasteiger partial charge on any atom is 0.416 e. The van der Waals surface area contributed by atoms with Gasteiger partial charge in [-0.3, -0.25) is 14.5 Å². The molecule has 0 bridgehead atoms. The number of aromatic nitrogens is 6. The van der Waals surface area contributed by atoms with Gasteiger partial charge in [0.05, 0.1) is 44.7 Å². The van der Waals surface area contributed by atoms with Gasteiger partial charge in [-0.1, -0.05) is 24.3 Å². The summed E-state index contributed by atoms with van der Waals surface area (Å²) < 4.78 is 56.4. The van der Waals surface area contributed by atoms with Crippen LogP contribution in [-0.2, 0) is 24.4 Å². The van der Waals surface area contributed by atoms with Crippen molar-refractivity contribution in [1.29, 1.82) is 0 Å². The Morgan fingerprint density at radius 2 is 1.28 bits per heavy atom. The number of carbonyl (C=O) groups excluding carboxylic acids is 3. The zero-order chi connectivity index (χ0) is 40.9. The van der Waals surface area contributed by atoms with Gasteiger partial charge in [0.1, 0.15) is 17.2 Å². The molecular weight excluding hydrogens is 773 g/mol. The molecule has 8 rings (SSSR count). The van der Waals surface area contributed by atoms with Crippen molar-refractivity contribution in [3.05, 3.63) is 84.2 Å². The number of rotatable bonds is 10. The van der Waals surface area contributed by atoms with E-state index in [4.69, 9.17) is 4.74 Å². The molecule has 16 nitrogen and oxygen atoms in total. The lowest BCUT2D eigenvalue weighted by Crippen LogP contribution is -2.39. The number of nitrogens with one attached hydrogen (secondary N) is 1. The average Bonchev–Trinajstić information content (AvgIpc) is 4.08. The second-order valence-corrected chi connectivity index (χ2v) is 19.1. The van der Waals surface area contributed by atoms with Crippen molar-refractivity contribution in [3.63, 3.8) is 0 Å². The molecule has 6 aromatic rings. The molecule has 2 aliphatic rings. The lowest BCUT2D eigenvalue weighted by Gasteiger charge is -2.27. The molecule has 1 amide bonds. The highest BCUT2D eigenvalue weighted by molar-refractivity contribution is 7.91. The van der Waals surface area contributed by atoms with Gasteiger partial charge in [0.25, 0.3) is 0 Å². The second-order valence-electron chi connectivity index (χ2n) is 15.0. The minimum Gasteiger partial charge on any atom is -0.443 e. The molecule has 0 radical (unpaired) electrons. The first-order valence-corrected chi connectivity index (χ1v) is 21.8. The lowest BCUT2D eigenvalue weighted by atomic mass is 10.1. The molecule has 1 N–H and O–H groups in total. The summed E-state index contributed by atoms with van der Waals surface area (Å²) in [6, 6.07) is 16.8. The molecule has 4 heterocycles. The second kappa shape index (κ2) is 14.8. The van der Waals surface area contributed by atoms with Crippen LogP contribution in [0, 0.1) is 0 Å². The Hall–Kier alpha value is -6.01. The average molecular weight is 813 g/mol. The van der Waals surface area contributed by atoms with Crippen LogP contribution in [0.4, 0.5) is 16.4 Å². The van der Waals surface area contributed by atoms with Crippen molar-refractivity contribution in [3.8, 4) is 22.5 Å². The van der Waals surface area contributed by atoms with Gasteiger partial charge in [-0.05, 0) is 70.7 Å². The van der Waals surface area contributed by atoms with Crippen LogP contribution in [-0.4, -0.2) is 94.9 Å². The Morgan fingerprint density at radius 3 is 1.75 bits per heavy atom. The molecule has 57 heavy (non-hydrogen) atoms. The van der Waals surface area contributed by atoms with Crippen LogP contribution < -0.4 is 10.2 Å². The first-order valence-electron chi connectivity index (χ1n) is 18.0. The van der Waals surface area contributed by atoms with E-state index in [-0.39, 0.29) is 27.0 Å². The third-order valence-corrected chi connectivity index (χ3v) is 11.2. The fourth-order valence-electron chi connectivity index (χ4n) is 5.96. The van der Waals surface area contributed by atoms with Gasteiger partial charge in [-0.15, -0.1) is 0 Å². The molecule has 2 aliphatic carbocycles. The van der Waals surface area contributed by atoms with Crippen LogP contribution in [0.2, 0.25) is 0 Å². The van der Waals surface area contributed by atoms with E-state index in [2.05, 4.69) is 25.5 Å². The number of fused-ring (bicyclic) bond motifs is 2.